The summed E-state index contributed by atoms with van der Waals surface area (Å²) in [5.74, 6) is 0. The van der Waals surface area contributed by atoms with E-state index in [0.717, 1.165) is 38.7 Å². The molecule has 0 radical (unpaired) electrons. The Bertz CT molecular complexity index is 1310. The molecule has 1 aromatic heterocycles. The van der Waals surface area contributed by atoms with Crippen molar-refractivity contribution in [3.63, 3.8) is 0 Å². The van der Waals surface area contributed by atoms with Crippen LogP contribution in [0.15, 0.2) is 54.6 Å². The van der Waals surface area contributed by atoms with Gasteiger partial charge < -0.3 is 0 Å². The molecular weight excluding hydrogens is 407 g/mol. The van der Waals surface area contributed by atoms with E-state index >= 15 is 0 Å². The fourth-order valence-corrected chi connectivity index (χ4v) is 4.55. The van der Waals surface area contributed by atoms with Crippen molar-refractivity contribution in [2.45, 2.75) is 59.1 Å². The third-order valence-electron chi connectivity index (χ3n) is 5.98. The van der Waals surface area contributed by atoms with Crippen molar-refractivity contribution < 1.29 is 13.2 Å². The first-order chi connectivity index (χ1) is 14.9. The molecule has 0 fully saturated rings. The maximum atomic E-state index is 13.1. The number of benzene rings is 3. The summed E-state index contributed by atoms with van der Waals surface area (Å²) in [7, 11) is 0. The average molecular weight is 436 g/mol. The third kappa shape index (κ3) is 4.50. The maximum Gasteiger partial charge on any atom is 0.389 e. The smallest absolute Gasteiger partial charge is 0.248 e. The van der Waals surface area contributed by atoms with Gasteiger partial charge in [0.05, 0.1) is 11.2 Å². The molecule has 0 aliphatic heterocycles. The van der Waals surface area contributed by atoms with E-state index in [1.807, 2.05) is 44.2 Å². The van der Waals surface area contributed by atoms with Gasteiger partial charge in [0, 0.05) is 17.4 Å². The fourth-order valence-electron chi connectivity index (χ4n) is 4.55. The number of aryl methyl sites for hydroxylation is 3. The highest BCUT2D eigenvalue weighted by Gasteiger charge is 2.27. The minimum atomic E-state index is -4.20. The summed E-state index contributed by atoms with van der Waals surface area (Å²) < 4.78 is 39.2. The Morgan fingerprint density at radius 1 is 0.875 bits per heavy atom. The van der Waals surface area contributed by atoms with E-state index < -0.39 is 12.6 Å². The first-order valence-corrected chi connectivity index (χ1v) is 10.9. The highest BCUT2D eigenvalue weighted by Crippen LogP contribution is 2.36. The van der Waals surface area contributed by atoms with Gasteiger partial charge in [0.15, 0.2) is 0 Å². The molecule has 3 aromatic carbocycles. The number of fused-ring (bicyclic) bond motifs is 2. The second-order valence-corrected chi connectivity index (χ2v) is 9.75. The van der Waals surface area contributed by atoms with Crippen molar-refractivity contribution in [2.24, 2.45) is 0 Å². The van der Waals surface area contributed by atoms with Gasteiger partial charge in [0.2, 0.25) is 0 Å². The molecule has 4 rings (SSSR count). The van der Waals surface area contributed by atoms with Crippen molar-refractivity contribution in [1.29, 1.82) is 0 Å². The van der Waals surface area contributed by atoms with Gasteiger partial charge in [-0.2, -0.15) is 13.2 Å². The Balaban J connectivity index is 1.98. The standard InChI is InChI=1S/C28H28F3N/c1-17-12-18(2)26-20(10-11-28(29,30)31)16-24(32-25(26)13-17)21-14-19-8-6-7-9-22(19)23(15-21)27(3,4)5/h6-9,12-16H,10-11H2,1-5H3. The predicted octanol–water partition coefficient (Wildman–Crippen LogP) is 8.46. The van der Waals surface area contributed by atoms with Gasteiger partial charge in [-0.25, -0.2) is 4.98 Å². The SMILES string of the molecule is Cc1cc(C)c2c(CCC(F)(F)F)cc(-c3cc(C(C)(C)C)c4ccccc4c3)nc2c1. The van der Waals surface area contributed by atoms with Crippen molar-refractivity contribution in [3.8, 4) is 11.3 Å². The average Bonchev–Trinajstić information content (AvgIpc) is 2.69. The summed E-state index contributed by atoms with van der Waals surface area (Å²) in [4.78, 5) is 4.92. The second-order valence-electron chi connectivity index (χ2n) is 9.75. The number of hydrogen-bond donors (Lipinski definition) is 0. The van der Waals surface area contributed by atoms with Crippen LogP contribution in [0.3, 0.4) is 0 Å². The van der Waals surface area contributed by atoms with Gasteiger partial charge in [0.1, 0.15) is 0 Å². The van der Waals surface area contributed by atoms with Crippen LogP contribution in [0.4, 0.5) is 13.2 Å². The highest BCUT2D eigenvalue weighted by atomic mass is 19.4. The Labute approximate surface area is 187 Å². The monoisotopic (exact) mass is 435 g/mol. The van der Waals surface area contributed by atoms with Crippen LogP contribution in [0.25, 0.3) is 32.9 Å². The Morgan fingerprint density at radius 3 is 2.28 bits per heavy atom. The molecule has 0 bridgehead atoms. The molecule has 0 unspecified atom stereocenters. The van der Waals surface area contributed by atoms with Crippen LogP contribution in [-0.2, 0) is 11.8 Å². The third-order valence-corrected chi connectivity index (χ3v) is 5.98. The zero-order chi connectivity index (χ0) is 23.3. The molecule has 1 nitrogen and oxygen atoms in total. The van der Waals surface area contributed by atoms with Crippen LogP contribution >= 0.6 is 0 Å². The van der Waals surface area contributed by atoms with E-state index in [1.165, 1.54) is 10.9 Å². The number of aromatic nitrogens is 1. The van der Waals surface area contributed by atoms with Gasteiger partial charge >= 0.3 is 6.18 Å². The first-order valence-electron chi connectivity index (χ1n) is 10.9. The minimum Gasteiger partial charge on any atom is -0.248 e. The molecule has 4 aromatic rings. The van der Waals surface area contributed by atoms with E-state index in [1.54, 1.807) is 0 Å². The molecule has 0 saturated carbocycles. The molecule has 0 saturated heterocycles. The summed E-state index contributed by atoms with van der Waals surface area (Å²) in [6, 6.07) is 18.3. The summed E-state index contributed by atoms with van der Waals surface area (Å²) in [5, 5.41) is 3.13. The van der Waals surface area contributed by atoms with Crippen molar-refractivity contribution >= 4 is 21.7 Å². The number of nitrogens with zero attached hydrogens (tertiary/aromatic N) is 1. The Hall–Kier alpha value is -2.88. The lowest BCUT2D eigenvalue weighted by molar-refractivity contribution is -0.133. The molecule has 0 atom stereocenters. The zero-order valence-corrected chi connectivity index (χ0v) is 19.2. The van der Waals surface area contributed by atoms with Gasteiger partial charge in [-0.05, 0) is 83.0 Å². The largest absolute Gasteiger partial charge is 0.389 e. The summed E-state index contributed by atoms with van der Waals surface area (Å²) in [6.07, 6.45) is -5.10. The van der Waals surface area contributed by atoms with E-state index in [4.69, 9.17) is 4.98 Å². The lowest BCUT2D eigenvalue weighted by atomic mass is 9.82. The molecule has 1 heterocycles. The number of alkyl halides is 3. The number of rotatable bonds is 3. The lowest BCUT2D eigenvalue weighted by Gasteiger charge is -2.23. The summed E-state index contributed by atoms with van der Waals surface area (Å²) in [6.45, 7) is 10.5. The topological polar surface area (TPSA) is 12.9 Å². The van der Waals surface area contributed by atoms with E-state index in [9.17, 15) is 13.2 Å². The number of pyridine rings is 1. The Morgan fingerprint density at radius 2 is 1.59 bits per heavy atom. The van der Waals surface area contributed by atoms with Crippen molar-refractivity contribution in [2.75, 3.05) is 0 Å². The molecule has 0 aliphatic rings. The lowest BCUT2D eigenvalue weighted by Crippen LogP contribution is -2.12. The van der Waals surface area contributed by atoms with E-state index in [-0.39, 0.29) is 11.8 Å². The minimum absolute atomic E-state index is 0.0564. The molecule has 0 N–H and O–H groups in total. The van der Waals surface area contributed by atoms with Crippen molar-refractivity contribution in [1.82, 2.24) is 4.98 Å². The van der Waals surface area contributed by atoms with Crippen LogP contribution in [-0.4, -0.2) is 11.2 Å². The molecule has 0 aliphatic carbocycles. The fraction of sp³-hybridized carbons (Fsp3) is 0.321. The van der Waals surface area contributed by atoms with Crippen molar-refractivity contribution in [3.05, 3.63) is 76.9 Å². The molecular formula is C28H28F3N. The second kappa shape index (κ2) is 7.91. The van der Waals surface area contributed by atoms with Gasteiger partial charge in [-0.3, -0.25) is 0 Å². The predicted molar refractivity (Wildman–Crippen MR) is 127 cm³/mol. The highest BCUT2D eigenvalue weighted by molar-refractivity contribution is 5.93. The van der Waals surface area contributed by atoms with E-state index in [2.05, 4.69) is 45.0 Å². The molecule has 32 heavy (non-hydrogen) atoms. The zero-order valence-electron chi connectivity index (χ0n) is 19.2. The maximum absolute atomic E-state index is 13.1. The van der Waals surface area contributed by atoms with E-state index in [0.29, 0.717) is 5.56 Å². The van der Waals surface area contributed by atoms with Crippen LogP contribution < -0.4 is 0 Å². The summed E-state index contributed by atoms with van der Waals surface area (Å²) >= 11 is 0. The van der Waals surface area contributed by atoms with Gasteiger partial charge in [-0.15, -0.1) is 0 Å². The number of hydrogen-bond acceptors (Lipinski definition) is 1. The molecule has 0 spiro atoms. The quantitative estimate of drug-likeness (QED) is 0.314. The normalized spacial score (nSPS) is 12.6. The van der Waals surface area contributed by atoms with Crippen LogP contribution in [0, 0.1) is 13.8 Å². The number of halogens is 3. The van der Waals surface area contributed by atoms with Gasteiger partial charge in [-0.1, -0.05) is 51.1 Å². The van der Waals surface area contributed by atoms with Crippen LogP contribution in [0.1, 0.15) is 49.4 Å². The molecule has 4 heteroatoms. The van der Waals surface area contributed by atoms with Crippen LogP contribution in [0.2, 0.25) is 0 Å². The molecule has 0 amide bonds. The summed E-state index contributed by atoms with van der Waals surface area (Å²) in [5.41, 5.74) is 6.23. The molecule has 166 valence electrons. The van der Waals surface area contributed by atoms with Gasteiger partial charge in [0.25, 0.3) is 0 Å². The Kier molecular flexibility index (Phi) is 5.52. The first kappa shape index (κ1) is 22.3. The van der Waals surface area contributed by atoms with Crippen LogP contribution in [0.5, 0.6) is 0 Å².